The highest BCUT2D eigenvalue weighted by Gasteiger charge is 2.11. The molecule has 3 aromatic carbocycles. The van der Waals surface area contributed by atoms with Gasteiger partial charge in [0.1, 0.15) is 0 Å². The number of hydrogen-bond acceptors (Lipinski definition) is 1. The molecule has 3 rings (SSSR count). The van der Waals surface area contributed by atoms with E-state index in [4.69, 9.17) is 0 Å². The Morgan fingerprint density at radius 3 is 1.65 bits per heavy atom. The van der Waals surface area contributed by atoms with E-state index in [1.807, 2.05) is 39.0 Å². The van der Waals surface area contributed by atoms with Gasteiger partial charge < -0.3 is 4.90 Å². The third-order valence-electron chi connectivity index (χ3n) is 4.01. The van der Waals surface area contributed by atoms with E-state index in [-0.39, 0.29) is 0 Å². The molecule has 1 nitrogen and oxygen atoms in total. The molecule has 0 fully saturated rings. The topological polar surface area (TPSA) is 3.24 Å². The number of hydrogen-bond donors (Lipinski definition) is 0. The number of benzene rings is 3. The van der Waals surface area contributed by atoms with E-state index in [1.54, 1.807) is 0 Å². The Labute approximate surface area is 157 Å². The van der Waals surface area contributed by atoms with Crippen molar-refractivity contribution < 1.29 is 0 Å². The SMILES string of the molecule is C=C/C(=C\C)N(c1ccccc1)c1ccc(-c2ccccc2)cc1.CC. The lowest BCUT2D eigenvalue weighted by Gasteiger charge is -2.26. The molecule has 0 radical (unpaired) electrons. The van der Waals surface area contributed by atoms with Gasteiger partial charge in [0, 0.05) is 17.1 Å². The van der Waals surface area contributed by atoms with Crippen LogP contribution in [-0.4, -0.2) is 0 Å². The molecule has 0 heterocycles. The van der Waals surface area contributed by atoms with Crippen LogP contribution in [0, 0.1) is 0 Å². The average molecular weight is 341 g/mol. The lowest BCUT2D eigenvalue weighted by atomic mass is 10.0. The Balaban J connectivity index is 0.00000117. The van der Waals surface area contributed by atoms with Gasteiger partial charge in [0.25, 0.3) is 0 Å². The first kappa shape index (κ1) is 19.3. The van der Waals surface area contributed by atoms with Gasteiger partial charge in [-0.3, -0.25) is 0 Å². The number of allylic oxidation sites excluding steroid dienone is 2. The normalized spacial score (nSPS) is 10.5. The third-order valence-corrected chi connectivity index (χ3v) is 4.01. The van der Waals surface area contributed by atoms with Gasteiger partial charge in [-0.2, -0.15) is 0 Å². The van der Waals surface area contributed by atoms with Gasteiger partial charge in [-0.15, -0.1) is 0 Å². The maximum atomic E-state index is 3.96. The van der Waals surface area contributed by atoms with E-state index in [0.717, 1.165) is 17.1 Å². The summed E-state index contributed by atoms with van der Waals surface area (Å²) in [4.78, 5) is 2.21. The van der Waals surface area contributed by atoms with Gasteiger partial charge in [0.15, 0.2) is 0 Å². The van der Waals surface area contributed by atoms with Gasteiger partial charge in [-0.1, -0.05) is 87.2 Å². The van der Waals surface area contributed by atoms with Crippen LogP contribution in [0.5, 0.6) is 0 Å². The van der Waals surface area contributed by atoms with Gasteiger partial charge in [0.05, 0.1) is 0 Å². The zero-order chi connectivity index (χ0) is 18.8. The van der Waals surface area contributed by atoms with Crippen LogP contribution in [0.4, 0.5) is 11.4 Å². The number of nitrogens with zero attached hydrogens (tertiary/aromatic N) is 1. The summed E-state index contributed by atoms with van der Waals surface area (Å²) in [7, 11) is 0. The summed E-state index contributed by atoms with van der Waals surface area (Å²) in [6, 6.07) is 29.4. The number of rotatable bonds is 5. The first-order valence-corrected chi connectivity index (χ1v) is 9.13. The highest BCUT2D eigenvalue weighted by molar-refractivity contribution is 5.73. The second kappa shape index (κ2) is 10.0. The van der Waals surface area contributed by atoms with Crippen molar-refractivity contribution >= 4 is 11.4 Å². The molecule has 0 aromatic heterocycles. The molecule has 0 atom stereocenters. The van der Waals surface area contributed by atoms with Crippen molar-refractivity contribution in [3.8, 4) is 11.1 Å². The van der Waals surface area contributed by atoms with Crippen molar-refractivity contribution in [1.82, 2.24) is 0 Å². The van der Waals surface area contributed by atoms with E-state index in [2.05, 4.69) is 90.4 Å². The van der Waals surface area contributed by atoms with E-state index in [9.17, 15) is 0 Å². The number of anilines is 2. The van der Waals surface area contributed by atoms with Crippen LogP contribution in [0.3, 0.4) is 0 Å². The fourth-order valence-corrected chi connectivity index (χ4v) is 2.80. The van der Waals surface area contributed by atoms with Crippen LogP contribution in [0.1, 0.15) is 20.8 Å². The predicted octanol–water partition coefficient (Wildman–Crippen LogP) is 7.61. The summed E-state index contributed by atoms with van der Waals surface area (Å²) in [5, 5.41) is 0. The monoisotopic (exact) mass is 341 g/mol. The smallest absolute Gasteiger partial charge is 0.0461 e. The van der Waals surface area contributed by atoms with Crippen LogP contribution in [0.2, 0.25) is 0 Å². The largest absolute Gasteiger partial charge is 0.311 e. The minimum atomic E-state index is 1.06. The highest BCUT2D eigenvalue weighted by atomic mass is 15.1. The predicted molar refractivity (Wildman–Crippen MR) is 116 cm³/mol. The molecular weight excluding hydrogens is 314 g/mol. The molecular formula is C25H27N. The number of para-hydroxylation sites is 1. The summed E-state index contributed by atoms with van der Waals surface area (Å²) >= 11 is 0. The molecule has 0 aliphatic carbocycles. The maximum Gasteiger partial charge on any atom is 0.0461 e. The second-order valence-electron chi connectivity index (χ2n) is 5.50. The van der Waals surface area contributed by atoms with Crippen LogP contribution in [-0.2, 0) is 0 Å². The van der Waals surface area contributed by atoms with E-state index >= 15 is 0 Å². The fraction of sp³-hybridized carbons (Fsp3) is 0.120. The fourth-order valence-electron chi connectivity index (χ4n) is 2.80. The summed E-state index contributed by atoms with van der Waals surface area (Å²) in [6.45, 7) is 9.99. The lowest BCUT2D eigenvalue weighted by molar-refractivity contribution is 1.20. The molecule has 0 saturated carbocycles. The Morgan fingerprint density at radius 1 is 0.692 bits per heavy atom. The van der Waals surface area contributed by atoms with Crippen LogP contribution in [0.15, 0.2) is 109 Å². The van der Waals surface area contributed by atoms with Gasteiger partial charge in [-0.05, 0) is 48.4 Å². The molecule has 0 bridgehead atoms. The van der Waals surface area contributed by atoms with Crippen molar-refractivity contribution in [2.24, 2.45) is 0 Å². The van der Waals surface area contributed by atoms with Crippen LogP contribution >= 0.6 is 0 Å². The van der Waals surface area contributed by atoms with Crippen molar-refractivity contribution in [3.63, 3.8) is 0 Å². The van der Waals surface area contributed by atoms with E-state index < -0.39 is 0 Å². The first-order chi connectivity index (χ1) is 12.8. The molecule has 0 spiro atoms. The summed E-state index contributed by atoms with van der Waals surface area (Å²) in [6.07, 6.45) is 3.96. The molecule has 132 valence electrons. The average Bonchev–Trinajstić information content (AvgIpc) is 2.75. The Hall–Kier alpha value is -3.06. The van der Waals surface area contributed by atoms with Crippen molar-refractivity contribution in [3.05, 3.63) is 109 Å². The van der Waals surface area contributed by atoms with Gasteiger partial charge in [-0.25, -0.2) is 0 Å². The van der Waals surface area contributed by atoms with Crippen molar-refractivity contribution in [2.45, 2.75) is 20.8 Å². The molecule has 0 unspecified atom stereocenters. The first-order valence-electron chi connectivity index (χ1n) is 9.13. The molecule has 3 aromatic rings. The molecule has 0 aliphatic rings. The lowest BCUT2D eigenvalue weighted by Crippen LogP contribution is -2.14. The Morgan fingerprint density at radius 2 is 1.15 bits per heavy atom. The Kier molecular flexibility index (Phi) is 7.45. The van der Waals surface area contributed by atoms with Crippen molar-refractivity contribution in [2.75, 3.05) is 4.90 Å². The Bertz CT molecular complexity index is 815. The zero-order valence-corrected chi connectivity index (χ0v) is 15.9. The minimum Gasteiger partial charge on any atom is -0.311 e. The van der Waals surface area contributed by atoms with Crippen molar-refractivity contribution in [1.29, 1.82) is 0 Å². The van der Waals surface area contributed by atoms with Gasteiger partial charge >= 0.3 is 0 Å². The maximum absolute atomic E-state index is 3.96. The quantitative estimate of drug-likeness (QED) is 0.432. The second-order valence-corrected chi connectivity index (χ2v) is 5.50. The van der Waals surface area contributed by atoms with Gasteiger partial charge in [0.2, 0.25) is 0 Å². The third kappa shape index (κ3) is 4.52. The summed E-state index contributed by atoms with van der Waals surface area (Å²) in [5.41, 5.74) is 5.75. The van der Waals surface area contributed by atoms with E-state index in [1.165, 1.54) is 11.1 Å². The molecule has 26 heavy (non-hydrogen) atoms. The zero-order valence-electron chi connectivity index (χ0n) is 15.9. The summed E-state index contributed by atoms with van der Waals surface area (Å²) < 4.78 is 0. The molecule has 0 N–H and O–H groups in total. The molecule has 0 aliphatic heterocycles. The van der Waals surface area contributed by atoms with Crippen LogP contribution in [0.25, 0.3) is 11.1 Å². The van der Waals surface area contributed by atoms with E-state index in [0.29, 0.717) is 0 Å². The molecule has 0 saturated heterocycles. The van der Waals surface area contributed by atoms with Crippen LogP contribution < -0.4 is 4.90 Å². The summed E-state index contributed by atoms with van der Waals surface area (Å²) in [5.74, 6) is 0. The highest BCUT2D eigenvalue weighted by Crippen LogP contribution is 2.31. The standard InChI is InChI=1S/C23H21N.C2H6/c1-3-21(4-2)24(22-13-9-6-10-14-22)23-17-15-20(16-18-23)19-11-7-5-8-12-19;1-2/h3-18H,1H2,2H3;1-2H3/b21-4+;. The molecule has 0 amide bonds. The molecule has 1 heteroatoms. The minimum absolute atomic E-state index is 1.06.